The number of rotatable bonds is 9. The van der Waals surface area contributed by atoms with Crippen LogP contribution in [-0.2, 0) is 9.59 Å². The summed E-state index contributed by atoms with van der Waals surface area (Å²) in [4.78, 5) is 37.2. The maximum atomic E-state index is 12.6. The van der Waals surface area contributed by atoms with Crippen molar-refractivity contribution in [1.82, 2.24) is 5.32 Å². The van der Waals surface area contributed by atoms with Gasteiger partial charge >= 0.3 is 0 Å². The number of anilines is 2. The molecule has 0 spiro atoms. The van der Waals surface area contributed by atoms with Gasteiger partial charge in [0.2, 0.25) is 11.8 Å². The van der Waals surface area contributed by atoms with Crippen molar-refractivity contribution in [3.05, 3.63) is 23.8 Å². The highest BCUT2D eigenvalue weighted by Gasteiger charge is 2.27. The topological polar surface area (TPSA) is 87.3 Å². The van der Waals surface area contributed by atoms with E-state index in [1.54, 1.807) is 30.0 Å². The smallest absolute Gasteiger partial charge is 0.254 e. The van der Waals surface area contributed by atoms with Crippen molar-refractivity contribution < 1.29 is 14.4 Å². The second-order valence-corrected chi connectivity index (χ2v) is 11.0. The lowest BCUT2D eigenvalue weighted by Gasteiger charge is -2.13. The Morgan fingerprint density at radius 2 is 2.14 bits per heavy atom. The molecule has 1 fully saturated rings. The Bertz CT molecular complexity index is 754. The first kappa shape index (κ1) is 22.4. The fraction of sp³-hybridized carbons (Fsp3) is 0.550. The summed E-state index contributed by atoms with van der Waals surface area (Å²) in [5, 5.41) is 9.21. The first-order chi connectivity index (χ1) is 14.1. The number of fused-ring (bicyclic) bond motifs is 1. The highest BCUT2D eigenvalue weighted by atomic mass is 33.1. The van der Waals surface area contributed by atoms with E-state index in [9.17, 15) is 14.4 Å². The zero-order valence-corrected chi connectivity index (χ0v) is 18.9. The van der Waals surface area contributed by atoms with E-state index in [0.717, 1.165) is 23.8 Å². The molecule has 3 rings (SSSR count). The third kappa shape index (κ3) is 6.58. The van der Waals surface area contributed by atoms with E-state index in [0.29, 0.717) is 29.8 Å². The minimum Gasteiger partial charge on any atom is -0.340 e. The van der Waals surface area contributed by atoms with Crippen LogP contribution in [0.5, 0.6) is 0 Å². The highest BCUT2D eigenvalue weighted by Crippen LogP contribution is 2.39. The van der Waals surface area contributed by atoms with Crippen molar-refractivity contribution >= 4 is 62.4 Å². The third-order valence-electron chi connectivity index (χ3n) is 4.95. The largest absolute Gasteiger partial charge is 0.340 e. The number of benzene rings is 1. The predicted octanol–water partition coefficient (Wildman–Crippen LogP) is 4.14. The molecule has 3 amide bonds. The molecule has 0 aliphatic carbocycles. The molecular formula is C20H27N3O3S3. The van der Waals surface area contributed by atoms with Crippen molar-refractivity contribution in [2.24, 2.45) is 0 Å². The van der Waals surface area contributed by atoms with E-state index in [1.807, 2.05) is 27.8 Å². The van der Waals surface area contributed by atoms with Crippen LogP contribution < -0.4 is 16.0 Å². The molecule has 3 N–H and O–H groups in total. The van der Waals surface area contributed by atoms with Gasteiger partial charge in [-0.15, -0.1) is 0 Å². The minimum absolute atomic E-state index is 0.0469. The van der Waals surface area contributed by atoms with Gasteiger partial charge in [-0.05, 0) is 55.9 Å². The molecule has 6 nitrogen and oxygen atoms in total. The summed E-state index contributed by atoms with van der Waals surface area (Å²) in [6.45, 7) is 0. The summed E-state index contributed by atoms with van der Waals surface area (Å²) in [5.41, 5.74) is 1.42. The summed E-state index contributed by atoms with van der Waals surface area (Å²) in [7, 11) is 3.91. The molecule has 0 saturated carbocycles. The Hall–Kier alpha value is -1.32. The van der Waals surface area contributed by atoms with Crippen LogP contribution in [0.3, 0.4) is 0 Å². The summed E-state index contributed by atoms with van der Waals surface area (Å²) in [5.74, 6) is 1.47. The van der Waals surface area contributed by atoms with Gasteiger partial charge < -0.3 is 16.0 Å². The van der Waals surface area contributed by atoms with Crippen molar-refractivity contribution in [1.29, 1.82) is 0 Å². The van der Waals surface area contributed by atoms with Crippen molar-refractivity contribution in [2.45, 2.75) is 49.8 Å². The fourth-order valence-corrected chi connectivity index (χ4v) is 6.82. The molecule has 9 heteroatoms. The van der Waals surface area contributed by atoms with Gasteiger partial charge in [-0.25, -0.2) is 0 Å². The number of amides is 3. The van der Waals surface area contributed by atoms with Crippen LogP contribution in [0.4, 0.5) is 11.4 Å². The predicted molar refractivity (Wildman–Crippen MR) is 125 cm³/mol. The maximum Gasteiger partial charge on any atom is 0.254 e. The lowest BCUT2D eigenvalue weighted by Crippen LogP contribution is -2.41. The van der Waals surface area contributed by atoms with Crippen LogP contribution in [0.25, 0.3) is 0 Å². The van der Waals surface area contributed by atoms with Gasteiger partial charge in [0, 0.05) is 23.1 Å². The molecule has 1 aromatic carbocycles. The van der Waals surface area contributed by atoms with Gasteiger partial charge in [0.15, 0.2) is 0 Å². The summed E-state index contributed by atoms with van der Waals surface area (Å²) < 4.78 is 0. The van der Waals surface area contributed by atoms with Gasteiger partial charge in [-0.3, -0.25) is 14.4 Å². The molecule has 29 heavy (non-hydrogen) atoms. The zero-order chi connectivity index (χ0) is 20.6. The van der Waals surface area contributed by atoms with E-state index in [-0.39, 0.29) is 17.7 Å². The zero-order valence-electron chi connectivity index (χ0n) is 16.5. The van der Waals surface area contributed by atoms with Crippen molar-refractivity contribution in [2.75, 3.05) is 28.4 Å². The lowest BCUT2D eigenvalue weighted by atomic mass is 10.1. The van der Waals surface area contributed by atoms with Crippen molar-refractivity contribution in [3.63, 3.8) is 0 Å². The van der Waals surface area contributed by atoms with Crippen LogP contribution >= 0.6 is 33.3 Å². The lowest BCUT2D eigenvalue weighted by molar-refractivity contribution is -0.118. The molecule has 0 aromatic heterocycles. The van der Waals surface area contributed by atoms with Gasteiger partial charge in [0.05, 0.1) is 11.3 Å². The van der Waals surface area contributed by atoms with Gasteiger partial charge in [0.25, 0.3) is 5.91 Å². The van der Waals surface area contributed by atoms with Crippen LogP contribution in [0.1, 0.15) is 48.9 Å². The molecule has 1 saturated heterocycles. The SMILES string of the molecule is CSCC[C@H]1NC(=O)c2cc(NC(=O)CCCC[C@H]3CCSS3)ccc2NC1=O. The molecule has 2 aliphatic rings. The monoisotopic (exact) mass is 453 g/mol. The molecule has 0 bridgehead atoms. The number of hydrogen-bond donors (Lipinski definition) is 3. The molecule has 2 atom stereocenters. The van der Waals surface area contributed by atoms with E-state index in [2.05, 4.69) is 16.0 Å². The summed E-state index contributed by atoms with van der Waals surface area (Å²) in [6, 6.07) is 4.48. The average molecular weight is 454 g/mol. The normalized spacial score (nSPS) is 21.1. The number of carbonyl (C=O) groups is 3. The Morgan fingerprint density at radius 1 is 1.28 bits per heavy atom. The Labute approximate surface area is 183 Å². The Kier molecular flexibility index (Phi) is 8.62. The average Bonchev–Trinajstić information content (AvgIpc) is 3.19. The van der Waals surface area contributed by atoms with Gasteiger partial charge in [-0.2, -0.15) is 11.8 Å². The van der Waals surface area contributed by atoms with Crippen molar-refractivity contribution in [3.8, 4) is 0 Å². The first-order valence-corrected chi connectivity index (χ1v) is 13.7. The summed E-state index contributed by atoms with van der Waals surface area (Å²) >= 11 is 1.63. The van der Waals surface area contributed by atoms with E-state index < -0.39 is 6.04 Å². The number of thioether (sulfide) groups is 1. The quantitative estimate of drug-likeness (QED) is 0.385. The second kappa shape index (κ2) is 11.2. The molecule has 2 heterocycles. The van der Waals surface area contributed by atoms with E-state index in [4.69, 9.17) is 0 Å². The van der Waals surface area contributed by atoms with Gasteiger partial charge in [-0.1, -0.05) is 28.0 Å². The van der Waals surface area contributed by atoms with Crippen LogP contribution in [0, 0.1) is 0 Å². The van der Waals surface area contributed by atoms with Crippen LogP contribution in [-0.4, -0.2) is 46.8 Å². The number of unbranched alkanes of at least 4 members (excludes halogenated alkanes) is 1. The Balaban J connectivity index is 1.52. The number of hydrogen-bond acceptors (Lipinski definition) is 6. The number of nitrogens with one attached hydrogen (secondary N) is 3. The first-order valence-electron chi connectivity index (χ1n) is 9.89. The number of carbonyl (C=O) groups excluding carboxylic acids is 3. The van der Waals surface area contributed by atoms with Crippen LogP contribution in [0.2, 0.25) is 0 Å². The highest BCUT2D eigenvalue weighted by molar-refractivity contribution is 8.77. The fourth-order valence-electron chi connectivity index (χ4n) is 3.32. The van der Waals surface area contributed by atoms with Gasteiger partial charge in [0.1, 0.15) is 6.04 Å². The molecule has 158 valence electrons. The molecule has 2 aliphatic heterocycles. The maximum absolute atomic E-state index is 12.6. The molecular weight excluding hydrogens is 426 g/mol. The Morgan fingerprint density at radius 3 is 2.90 bits per heavy atom. The second-order valence-electron chi connectivity index (χ2n) is 7.18. The van der Waals surface area contributed by atoms with Crippen LogP contribution in [0.15, 0.2) is 18.2 Å². The molecule has 0 unspecified atom stereocenters. The minimum atomic E-state index is -0.545. The standard InChI is InChI=1S/C20H27N3O3S3/c1-27-10-9-17-20(26)22-16-7-6-13(12-15(16)19(25)23-17)21-18(24)5-3-2-4-14-8-11-28-29-14/h6-7,12,14,17H,2-5,8-11H2,1H3,(H,21,24)(H,22,26)(H,23,25)/t14-,17+/m0/s1. The van der Waals surface area contributed by atoms with E-state index in [1.165, 1.54) is 18.6 Å². The molecule has 1 aromatic rings. The summed E-state index contributed by atoms with van der Waals surface area (Å²) in [6.07, 6.45) is 7.38. The third-order valence-corrected chi connectivity index (χ3v) is 8.60. The van der Waals surface area contributed by atoms with E-state index >= 15 is 0 Å². The molecule has 0 radical (unpaired) electrons.